The molecule has 0 radical (unpaired) electrons. The van der Waals surface area contributed by atoms with Gasteiger partial charge in [0.05, 0.1) is 21.9 Å². The molecule has 13 nitrogen and oxygen atoms in total. The van der Waals surface area contributed by atoms with E-state index in [2.05, 4.69) is 128 Å². The Bertz CT molecular complexity index is 3930. The van der Waals surface area contributed by atoms with Crippen molar-refractivity contribution in [3.05, 3.63) is 241 Å². The van der Waals surface area contributed by atoms with Gasteiger partial charge >= 0.3 is 11.9 Å². The van der Waals surface area contributed by atoms with Crippen LogP contribution in [-0.4, -0.2) is 66.4 Å². The zero-order valence-corrected chi connectivity index (χ0v) is 53.2. The van der Waals surface area contributed by atoms with Crippen molar-refractivity contribution in [2.75, 3.05) is 11.9 Å². The summed E-state index contributed by atoms with van der Waals surface area (Å²) in [6, 6.07) is 59.9. The van der Waals surface area contributed by atoms with Gasteiger partial charge < -0.3 is 20.0 Å². The van der Waals surface area contributed by atoms with E-state index < -0.39 is 5.97 Å². The Labute approximate surface area is 541 Å². The summed E-state index contributed by atoms with van der Waals surface area (Å²) in [5.41, 5.74) is 15.3. The summed E-state index contributed by atoms with van der Waals surface area (Å²) in [5, 5.41) is 13.1. The molecule has 10 aromatic rings. The lowest BCUT2D eigenvalue weighted by Gasteiger charge is -2.29. The van der Waals surface area contributed by atoms with Crippen molar-refractivity contribution in [3.8, 4) is 11.3 Å². The fraction of sp³-hybridized carbons (Fsp3) is 0.312. The highest BCUT2D eigenvalue weighted by molar-refractivity contribution is 9.09. The van der Waals surface area contributed by atoms with E-state index in [1.807, 2.05) is 85.3 Å². The molecule has 1 amide bonds. The van der Waals surface area contributed by atoms with Gasteiger partial charge in [0, 0.05) is 77.6 Å². The number of hydrogen-bond acceptors (Lipinski definition) is 11. The number of ketones is 2. The number of rotatable bonds is 15. The Morgan fingerprint density at radius 1 is 0.495 bits per heavy atom. The van der Waals surface area contributed by atoms with Gasteiger partial charge in [-0.25, -0.2) is 4.98 Å². The number of alkyl halides is 1. The van der Waals surface area contributed by atoms with Gasteiger partial charge in [-0.15, -0.1) is 0 Å². The molecule has 6 aromatic carbocycles. The second-order valence-corrected chi connectivity index (χ2v) is 24.4. The van der Waals surface area contributed by atoms with Gasteiger partial charge in [0.2, 0.25) is 5.91 Å². The number of halogens is 1. The van der Waals surface area contributed by atoms with E-state index in [-0.39, 0.29) is 30.0 Å². The lowest BCUT2D eigenvalue weighted by atomic mass is 9.77. The fourth-order valence-electron chi connectivity index (χ4n) is 12.9. The minimum absolute atomic E-state index is 0.126. The minimum atomic E-state index is -0.664. The Balaban J connectivity index is 0.000000148. The molecule has 0 atom stereocenters. The number of Topliss-reactive ketones (excluding diaryl/α,β-unsaturated/α-hetero) is 2. The molecule has 0 saturated heterocycles. The molecule has 3 aliphatic carbocycles. The lowest BCUT2D eigenvalue weighted by Crippen LogP contribution is -2.20. The van der Waals surface area contributed by atoms with Crippen molar-refractivity contribution >= 4 is 78.1 Å². The van der Waals surface area contributed by atoms with Gasteiger partial charge in [-0.2, -0.15) is 0 Å². The number of pyridine rings is 3. The molecule has 0 aliphatic heterocycles. The number of oxazole rings is 1. The van der Waals surface area contributed by atoms with Gasteiger partial charge in [0.25, 0.3) is 0 Å². The van der Waals surface area contributed by atoms with Crippen molar-refractivity contribution in [2.24, 2.45) is 23.5 Å². The first-order chi connectivity index (χ1) is 44.4. The Hall–Kier alpha value is -9.01. The molecule has 14 heteroatoms. The van der Waals surface area contributed by atoms with Crippen molar-refractivity contribution in [2.45, 2.75) is 121 Å². The first-order valence-corrected chi connectivity index (χ1v) is 32.9. The molecule has 0 unspecified atom stereocenters. The van der Waals surface area contributed by atoms with Crippen LogP contribution >= 0.6 is 15.9 Å². The van der Waals surface area contributed by atoms with Crippen LogP contribution in [0.4, 0.5) is 0 Å². The molecule has 91 heavy (non-hydrogen) atoms. The number of benzene rings is 6. The predicted molar refractivity (Wildman–Crippen MR) is 363 cm³/mol. The SMILES string of the molecule is CC(N)=O.O=C(CBr)c1ccccc1.O=C(CC1CCC(c2ccnc3ccccc23)CC1)OCC(=O)c1ccccc1.O=C(O)CC1CCC(c2ccnc3ccccc23)CC1.c1ccc(-c2coc(CC3CCC(c4ccnc5ccccc45)CC3)n2)cc1. The number of carbonyl (C=O) groups is 5. The molecular formula is C77H80BrN5O8. The third-order valence-electron chi connectivity index (χ3n) is 17.6. The molecule has 3 saturated carbocycles. The number of aromatic nitrogens is 4. The summed E-state index contributed by atoms with van der Waals surface area (Å²) < 4.78 is 11.0. The number of amides is 1. The molecule has 4 heterocycles. The van der Waals surface area contributed by atoms with Crippen molar-refractivity contribution in [1.29, 1.82) is 0 Å². The summed E-state index contributed by atoms with van der Waals surface area (Å²) >= 11 is 3.10. The van der Waals surface area contributed by atoms with Crippen molar-refractivity contribution in [3.63, 3.8) is 0 Å². The van der Waals surface area contributed by atoms with Crippen LogP contribution in [0.1, 0.15) is 158 Å². The van der Waals surface area contributed by atoms with Crippen molar-refractivity contribution in [1.82, 2.24) is 19.9 Å². The minimum Gasteiger partial charge on any atom is -0.481 e. The smallest absolute Gasteiger partial charge is 0.306 e. The Kier molecular flexibility index (Phi) is 25.0. The first kappa shape index (κ1) is 66.4. The topological polar surface area (TPSA) is 206 Å². The number of aliphatic carboxylic acids is 1. The number of carbonyl (C=O) groups excluding carboxylic acids is 4. The van der Waals surface area contributed by atoms with E-state index in [1.165, 1.54) is 65.5 Å². The highest BCUT2D eigenvalue weighted by Gasteiger charge is 2.28. The average Bonchev–Trinajstić information content (AvgIpc) is 2.39. The van der Waals surface area contributed by atoms with E-state index in [4.69, 9.17) is 19.2 Å². The molecule has 3 fully saturated rings. The monoisotopic (exact) mass is 1280 g/mol. The zero-order chi connectivity index (χ0) is 63.7. The molecule has 3 N–H and O–H groups in total. The number of esters is 1. The number of nitrogens with two attached hydrogens (primary N) is 1. The van der Waals surface area contributed by atoms with Gasteiger partial charge in [-0.05, 0) is 166 Å². The van der Waals surface area contributed by atoms with E-state index in [1.54, 1.807) is 30.5 Å². The summed E-state index contributed by atoms with van der Waals surface area (Å²) in [5.74, 6) is 2.61. The number of nitrogens with zero attached hydrogens (tertiary/aromatic N) is 4. The lowest BCUT2D eigenvalue weighted by molar-refractivity contribution is -0.144. The molecule has 0 spiro atoms. The van der Waals surface area contributed by atoms with E-state index in [9.17, 15) is 24.0 Å². The summed E-state index contributed by atoms with van der Waals surface area (Å²) in [4.78, 5) is 73.3. The standard InChI is InChI=1S/C25H24N2O.C25H25NO3.C17H19NO2.C8H7BrO.C2H5NO/c1-2-6-20(7-3-1)24-17-28-25(27-24)16-18-10-12-19(13-11-18)21-14-15-26-23-9-5-4-8-22(21)23;27-24(20-6-2-1-3-7-20)17-29-25(28)16-18-10-12-19(13-11-18)21-14-15-26-23-9-5-4-8-22(21)23;19-17(20)11-12-5-7-13(8-6-12)14-9-10-18-16-4-2-1-3-15(14)16;9-6-8(10)7-4-2-1-3-5-7;1-2(3)4/h1-9,14-15,17-19H,10-13,16H2;1-9,14-15,18-19H,10-13,16-17H2;1-4,9-10,12-13H,5-8,11H2,(H,19,20);1-5H,6H2;1H3,(H2,3,4). The number of primary amides is 1. The number of ether oxygens (including phenoxy) is 1. The summed E-state index contributed by atoms with van der Waals surface area (Å²) in [7, 11) is 0. The van der Waals surface area contributed by atoms with Gasteiger partial charge in [0.1, 0.15) is 12.0 Å². The maximum atomic E-state index is 12.2. The number of para-hydroxylation sites is 3. The van der Waals surface area contributed by atoms with Crippen molar-refractivity contribution < 1.29 is 38.2 Å². The largest absolute Gasteiger partial charge is 0.481 e. The Morgan fingerprint density at radius 2 is 0.868 bits per heavy atom. The number of carboxylic acids is 1. The van der Waals surface area contributed by atoms with Crippen LogP contribution in [0.15, 0.2) is 211 Å². The van der Waals surface area contributed by atoms with Gasteiger partial charge in [-0.3, -0.25) is 38.9 Å². The maximum absolute atomic E-state index is 12.2. The number of carboxylic acid groups (broad SMARTS) is 1. The van der Waals surface area contributed by atoms with Crippen LogP contribution in [0.25, 0.3) is 44.0 Å². The van der Waals surface area contributed by atoms with Crippen LogP contribution in [0.2, 0.25) is 0 Å². The van der Waals surface area contributed by atoms with E-state index in [0.29, 0.717) is 59.2 Å². The molecule has 0 bridgehead atoms. The van der Waals surface area contributed by atoms with E-state index in [0.717, 1.165) is 97.0 Å². The van der Waals surface area contributed by atoms with Crippen LogP contribution in [-0.2, 0) is 25.5 Å². The second-order valence-electron chi connectivity index (χ2n) is 23.9. The third-order valence-corrected chi connectivity index (χ3v) is 18.1. The fourth-order valence-corrected chi connectivity index (χ4v) is 13.3. The predicted octanol–water partition coefficient (Wildman–Crippen LogP) is 17.5. The van der Waals surface area contributed by atoms with Gasteiger partial charge in [0.15, 0.2) is 24.1 Å². The molecule has 4 aromatic heterocycles. The van der Waals surface area contributed by atoms with E-state index >= 15 is 0 Å². The summed E-state index contributed by atoms with van der Waals surface area (Å²) in [6.45, 7) is 1.13. The molecule has 3 aliphatic rings. The number of hydrogen-bond donors (Lipinski definition) is 2. The molecular weight excluding hydrogens is 1200 g/mol. The normalized spacial score (nSPS) is 18.4. The highest BCUT2D eigenvalue weighted by Crippen LogP contribution is 2.42. The second kappa shape index (κ2) is 34.3. The molecule has 13 rings (SSSR count). The third kappa shape index (κ3) is 19.7. The van der Waals surface area contributed by atoms with Crippen LogP contribution < -0.4 is 5.73 Å². The summed E-state index contributed by atoms with van der Waals surface area (Å²) in [6.07, 6.45) is 22.5. The van der Waals surface area contributed by atoms with Crippen LogP contribution in [0.3, 0.4) is 0 Å². The van der Waals surface area contributed by atoms with Crippen LogP contribution in [0.5, 0.6) is 0 Å². The highest BCUT2D eigenvalue weighted by atomic mass is 79.9. The average molecular weight is 1280 g/mol. The number of fused-ring (bicyclic) bond motifs is 3. The van der Waals surface area contributed by atoms with Crippen LogP contribution in [0, 0.1) is 17.8 Å². The first-order valence-electron chi connectivity index (χ1n) is 31.8. The Morgan fingerprint density at radius 3 is 1.29 bits per heavy atom. The quantitative estimate of drug-likeness (QED) is 0.0559. The zero-order valence-electron chi connectivity index (χ0n) is 51.7. The molecule has 468 valence electrons. The van der Waals surface area contributed by atoms with Gasteiger partial charge in [-0.1, -0.05) is 162 Å². The maximum Gasteiger partial charge on any atom is 0.306 e.